The van der Waals surface area contributed by atoms with Crippen LogP contribution in [0.25, 0.3) is 0 Å². The van der Waals surface area contributed by atoms with Crippen molar-refractivity contribution >= 4 is 35.6 Å². The summed E-state index contributed by atoms with van der Waals surface area (Å²) in [4.78, 5) is 9.72. The van der Waals surface area contributed by atoms with Crippen molar-refractivity contribution in [1.29, 1.82) is 0 Å². The number of halogens is 1. The van der Waals surface area contributed by atoms with Crippen molar-refractivity contribution in [3.63, 3.8) is 0 Å². The van der Waals surface area contributed by atoms with Crippen LogP contribution in [0.4, 0.5) is 5.69 Å². The molecule has 28 heavy (non-hydrogen) atoms. The van der Waals surface area contributed by atoms with Crippen LogP contribution in [0.1, 0.15) is 26.2 Å². The van der Waals surface area contributed by atoms with Gasteiger partial charge >= 0.3 is 0 Å². The highest BCUT2D eigenvalue weighted by atomic mass is 127. The molecule has 0 amide bonds. The SMILES string of the molecule is CCNC(=NCC1CCCO1)NCCCN1CCN(c2ccccc2)CC1.I. The summed E-state index contributed by atoms with van der Waals surface area (Å²) in [7, 11) is 0. The maximum Gasteiger partial charge on any atom is 0.191 e. The van der Waals surface area contributed by atoms with E-state index in [2.05, 4.69) is 62.7 Å². The van der Waals surface area contributed by atoms with Crippen molar-refractivity contribution in [1.82, 2.24) is 15.5 Å². The van der Waals surface area contributed by atoms with Gasteiger partial charge < -0.3 is 20.3 Å². The third-order valence-electron chi connectivity index (χ3n) is 5.26. The van der Waals surface area contributed by atoms with E-state index in [-0.39, 0.29) is 24.0 Å². The van der Waals surface area contributed by atoms with Crippen LogP contribution in [-0.2, 0) is 4.74 Å². The third-order valence-corrected chi connectivity index (χ3v) is 5.26. The summed E-state index contributed by atoms with van der Waals surface area (Å²) in [6.45, 7) is 11.2. The number of para-hydroxylation sites is 1. The maximum atomic E-state index is 5.65. The van der Waals surface area contributed by atoms with Crippen LogP contribution in [0.2, 0.25) is 0 Å². The van der Waals surface area contributed by atoms with Crippen LogP contribution < -0.4 is 15.5 Å². The summed E-state index contributed by atoms with van der Waals surface area (Å²) in [5.41, 5.74) is 1.34. The molecule has 0 spiro atoms. The van der Waals surface area contributed by atoms with Crippen LogP contribution in [-0.4, -0.2) is 75.9 Å². The van der Waals surface area contributed by atoms with Crippen LogP contribution in [0.3, 0.4) is 0 Å². The van der Waals surface area contributed by atoms with Gasteiger partial charge in [0.05, 0.1) is 12.6 Å². The van der Waals surface area contributed by atoms with E-state index in [1.54, 1.807) is 0 Å². The lowest BCUT2D eigenvalue weighted by molar-refractivity contribution is 0.117. The molecule has 0 bridgehead atoms. The van der Waals surface area contributed by atoms with Gasteiger partial charge in [-0.2, -0.15) is 0 Å². The van der Waals surface area contributed by atoms with E-state index < -0.39 is 0 Å². The number of nitrogens with one attached hydrogen (secondary N) is 2. The largest absolute Gasteiger partial charge is 0.376 e. The van der Waals surface area contributed by atoms with Crippen LogP contribution in [0, 0.1) is 0 Å². The molecule has 6 nitrogen and oxygen atoms in total. The first kappa shape index (κ1) is 23.2. The molecule has 1 atom stereocenters. The highest BCUT2D eigenvalue weighted by Gasteiger charge is 2.17. The van der Waals surface area contributed by atoms with E-state index in [9.17, 15) is 0 Å². The maximum absolute atomic E-state index is 5.65. The molecule has 0 aromatic heterocycles. The monoisotopic (exact) mass is 501 g/mol. The predicted molar refractivity (Wildman–Crippen MR) is 128 cm³/mol. The van der Waals surface area contributed by atoms with Gasteiger partial charge in [-0.3, -0.25) is 9.89 Å². The lowest BCUT2D eigenvalue weighted by atomic mass is 10.2. The first-order valence-electron chi connectivity index (χ1n) is 10.5. The van der Waals surface area contributed by atoms with Crippen molar-refractivity contribution in [3.05, 3.63) is 30.3 Å². The molecule has 2 aliphatic rings. The van der Waals surface area contributed by atoms with Crippen LogP contribution >= 0.6 is 24.0 Å². The quantitative estimate of drug-likeness (QED) is 0.248. The smallest absolute Gasteiger partial charge is 0.191 e. The average molecular weight is 501 g/mol. The zero-order valence-electron chi connectivity index (χ0n) is 17.1. The van der Waals surface area contributed by atoms with Crippen LogP contribution in [0.5, 0.6) is 0 Å². The molecule has 0 radical (unpaired) electrons. The third kappa shape index (κ3) is 7.75. The fraction of sp³-hybridized carbons (Fsp3) is 0.667. The van der Waals surface area contributed by atoms with Crippen molar-refractivity contribution < 1.29 is 4.74 Å². The minimum absolute atomic E-state index is 0. The summed E-state index contributed by atoms with van der Waals surface area (Å²) >= 11 is 0. The Hall–Kier alpha value is -1.06. The molecule has 1 aromatic rings. The van der Waals surface area contributed by atoms with Gasteiger partial charge in [0.2, 0.25) is 0 Å². The second kappa shape index (κ2) is 13.2. The zero-order valence-corrected chi connectivity index (χ0v) is 19.4. The number of guanidine groups is 1. The number of ether oxygens (including phenoxy) is 1. The molecular weight excluding hydrogens is 465 g/mol. The molecule has 2 heterocycles. The second-order valence-electron chi connectivity index (χ2n) is 7.30. The Labute approximate surface area is 187 Å². The van der Waals surface area contributed by atoms with Gasteiger partial charge in [-0.05, 0) is 44.9 Å². The highest BCUT2D eigenvalue weighted by molar-refractivity contribution is 14.0. The van der Waals surface area contributed by atoms with Gasteiger partial charge in [0.25, 0.3) is 0 Å². The van der Waals surface area contributed by atoms with E-state index in [0.717, 1.165) is 77.8 Å². The number of hydrogen-bond donors (Lipinski definition) is 2. The van der Waals surface area contributed by atoms with Crippen molar-refractivity contribution in [2.75, 3.05) is 63.9 Å². The van der Waals surface area contributed by atoms with Gasteiger partial charge in [-0.15, -0.1) is 24.0 Å². The average Bonchev–Trinajstić information content (AvgIpc) is 3.24. The van der Waals surface area contributed by atoms with Crippen molar-refractivity contribution in [2.45, 2.75) is 32.3 Å². The number of piperazine rings is 1. The molecule has 2 saturated heterocycles. The van der Waals surface area contributed by atoms with E-state index in [4.69, 9.17) is 4.74 Å². The molecule has 0 aliphatic carbocycles. The zero-order chi connectivity index (χ0) is 18.7. The van der Waals surface area contributed by atoms with Gasteiger partial charge in [-0.1, -0.05) is 18.2 Å². The molecular formula is C21H36IN5O. The number of aliphatic imine (C=N–C) groups is 1. The first-order chi connectivity index (χ1) is 13.3. The summed E-state index contributed by atoms with van der Waals surface area (Å²) < 4.78 is 5.65. The fourth-order valence-corrected chi connectivity index (χ4v) is 3.70. The Morgan fingerprint density at radius 1 is 1.14 bits per heavy atom. The highest BCUT2D eigenvalue weighted by Crippen LogP contribution is 2.15. The van der Waals surface area contributed by atoms with Crippen molar-refractivity contribution in [3.8, 4) is 0 Å². The lowest BCUT2D eigenvalue weighted by Gasteiger charge is -2.36. The van der Waals surface area contributed by atoms with E-state index >= 15 is 0 Å². The minimum atomic E-state index is 0. The van der Waals surface area contributed by atoms with Gasteiger partial charge in [0.15, 0.2) is 5.96 Å². The number of benzene rings is 1. The Kier molecular flexibility index (Phi) is 11.0. The summed E-state index contributed by atoms with van der Waals surface area (Å²) in [6, 6.07) is 10.7. The van der Waals surface area contributed by atoms with Crippen molar-refractivity contribution in [2.24, 2.45) is 4.99 Å². The fourth-order valence-electron chi connectivity index (χ4n) is 3.70. The van der Waals surface area contributed by atoms with Crippen LogP contribution in [0.15, 0.2) is 35.3 Å². The molecule has 3 rings (SSSR count). The summed E-state index contributed by atoms with van der Waals surface area (Å²) in [5.74, 6) is 0.918. The minimum Gasteiger partial charge on any atom is -0.376 e. The van der Waals surface area contributed by atoms with E-state index in [0.29, 0.717) is 6.10 Å². The van der Waals surface area contributed by atoms with E-state index in [1.807, 2.05) is 0 Å². The molecule has 158 valence electrons. The molecule has 0 saturated carbocycles. The molecule has 1 unspecified atom stereocenters. The Morgan fingerprint density at radius 3 is 2.61 bits per heavy atom. The number of anilines is 1. The lowest BCUT2D eigenvalue weighted by Crippen LogP contribution is -2.47. The van der Waals surface area contributed by atoms with E-state index in [1.165, 1.54) is 12.1 Å². The van der Waals surface area contributed by atoms with Gasteiger partial charge in [0, 0.05) is 51.6 Å². The molecule has 2 fully saturated rings. The Balaban J connectivity index is 0.00000280. The normalized spacial score (nSPS) is 20.7. The predicted octanol–water partition coefficient (Wildman–Crippen LogP) is 2.55. The molecule has 7 heteroatoms. The first-order valence-corrected chi connectivity index (χ1v) is 10.5. The number of nitrogens with zero attached hydrogens (tertiary/aromatic N) is 3. The topological polar surface area (TPSA) is 52.1 Å². The number of rotatable bonds is 8. The number of hydrogen-bond acceptors (Lipinski definition) is 4. The Morgan fingerprint density at radius 2 is 1.93 bits per heavy atom. The second-order valence-corrected chi connectivity index (χ2v) is 7.30. The van der Waals surface area contributed by atoms with Gasteiger partial charge in [0.1, 0.15) is 0 Å². The Bertz CT molecular complexity index is 557. The molecule has 2 N–H and O–H groups in total. The molecule has 2 aliphatic heterocycles. The summed E-state index contributed by atoms with van der Waals surface area (Å²) in [6.07, 6.45) is 3.75. The standard InChI is InChI=1S/C21H35N5O.HI/c1-2-22-21(24-18-20-10-6-17-27-20)23-11-7-12-25-13-15-26(16-14-25)19-8-4-3-5-9-19;/h3-5,8-9,20H,2,6-7,10-18H2,1H3,(H2,22,23,24);1H. The summed E-state index contributed by atoms with van der Waals surface area (Å²) in [5, 5.41) is 6.80. The molecule has 1 aromatic carbocycles. The van der Waals surface area contributed by atoms with Gasteiger partial charge in [-0.25, -0.2) is 0 Å².